The maximum Gasteiger partial charge on any atom is 0.266 e. The van der Waals surface area contributed by atoms with Crippen molar-refractivity contribution in [1.82, 2.24) is 5.32 Å². The summed E-state index contributed by atoms with van der Waals surface area (Å²) in [5.41, 5.74) is 5.68. The van der Waals surface area contributed by atoms with Crippen molar-refractivity contribution in [1.29, 1.82) is 0 Å². The SMILES string of the molecule is Cc1cc(Cl)c(NC(=O)C(Cc2ccc(C(=O)NCCS(=O)(=O)O)cc2)c2ccc(/C=C/C(C)(C)C)cc2)cc1C. The molecule has 0 fully saturated rings. The average Bonchev–Trinajstić information content (AvgIpc) is 2.88. The van der Waals surface area contributed by atoms with Crippen LogP contribution in [-0.2, 0) is 21.3 Å². The van der Waals surface area contributed by atoms with Gasteiger partial charge in [-0.1, -0.05) is 80.9 Å². The van der Waals surface area contributed by atoms with E-state index in [2.05, 4.69) is 43.6 Å². The van der Waals surface area contributed by atoms with Gasteiger partial charge in [-0.25, -0.2) is 0 Å². The summed E-state index contributed by atoms with van der Waals surface area (Å²) in [4.78, 5) is 26.0. The van der Waals surface area contributed by atoms with Gasteiger partial charge in [-0.2, -0.15) is 8.42 Å². The number of hydrogen-bond acceptors (Lipinski definition) is 4. The van der Waals surface area contributed by atoms with Crippen LogP contribution in [0.3, 0.4) is 0 Å². The van der Waals surface area contributed by atoms with E-state index in [9.17, 15) is 18.0 Å². The largest absolute Gasteiger partial charge is 0.351 e. The Morgan fingerprint density at radius 2 is 1.59 bits per heavy atom. The molecule has 2 amide bonds. The van der Waals surface area contributed by atoms with Gasteiger partial charge in [-0.3, -0.25) is 14.1 Å². The fraction of sp³-hybridized carbons (Fsp3) is 0.312. The van der Waals surface area contributed by atoms with Crippen molar-refractivity contribution in [3.05, 3.63) is 105 Å². The van der Waals surface area contributed by atoms with E-state index in [0.717, 1.165) is 27.8 Å². The number of nitrogens with one attached hydrogen (secondary N) is 2. The minimum Gasteiger partial charge on any atom is -0.351 e. The molecule has 3 rings (SSSR count). The third-order valence-electron chi connectivity index (χ3n) is 6.57. The van der Waals surface area contributed by atoms with E-state index in [-0.39, 0.29) is 17.9 Å². The number of benzene rings is 3. The lowest BCUT2D eigenvalue weighted by Gasteiger charge is -2.19. The van der Waals surface area contributed by atoms with Gasteiger partial charge in [0.2, 0.25) is 5.91 Å². The Morgan fingerprint density at radius 3 is 2.17 bits per heavy atom. The minimum absolute atomic E-state index is 0.0477. The van der Waals surface area contributed by atoms with Crippen LogP contribution >= 0.6 is 11.6 Å². The highest BCUT2D eigenvalue weighted by Gasteiger charge is 2.23. The van der Waals surface area contributed by atoms with Gasteiger partial charge in [0.05, 0.1) is 22.4 Å². The third kappa shape index (κ3) is 10.1. The quantitative estimate of drug-likeness (QED) is 0.228. The van der Waals surface area contributed by atoms with Crippen LogP contribution in [-0.4, -0.2) is 37.1 Å². The lowest BCUT2D eigenvalue weighted by Crippen LogP contribution is -2.28. The summed E-state index contributed by atoms with van der Waals surface area (Å²) >= 11 is 6.45. The van der Waals surface area contributed by atoms with Gasteiger partial charge >= 0.3 is 0 Å². The Bertz CT molecular complexity index is 1520. The zero-order valence-electron chi connectivity index (χ0n) is 24.0. The standard InChI is InChI=1S/C32H37ClN2O5S/c1-21-18-28(33)29(19-22(21)2)35-31(37)27(25-10-6-23(7-11-25)14-15-32(3,4)5)20-24-8-12-26(13-9-24)30(36)34-16-17-41(38,39)40/h6-15,18-19,27H,16-17,20H2,1-5H3,(H,34,36)(H,35,37)(H,38,39,40)/b15-14+. The summed E-state index contributed by atoms with van der Waals surface area (Å²) in [5, 5.41) is 5.93. The third-order valence-corrected chi connectivity index (χ3v) is 7.61. The van der Waals surface area contributed by atoms with E-state index < -0.39 is 27.7 Å². The van der Waals surface area contributed by atoms with Gasteiger partial charge < -0.3 is 10.6 Å². The molecule has 0 saturated heterocycles. The second-order valence-electron chi connectivity index (χ2n) is 11.3. The molecule has 0 aliphatic carbocycles. The molecule has 0 bridgehead atoms. The molecular formula is C32H37ClN2O5S. The van der Waals surface area contributed by atoms with E-state index in [4.69, 9.17) is 16.2 Å². The number of aryl methyl sites for hydroxylation is 2. The molecule has 3 N–H and O–H groups in total. The summed E-state index contributed by atoms with van der Waals surface area (Å²) in [7, 11) is -4.16. The number of carbonyl (C=O) groups is 2. The average molecular weight is 597 g/mol. The molecule has 9 heteroatoms. The molecule has 3 aromatic carbocycles. The van der Waals surface area contributed by atoms with Crippen molar-refractivity contribution in [3.63, 3.8) is 0 Å². The molecule has 41 heavy (non-hydrogen) atoms. The van der Waals surface area contributed by atoms with Crippen LogP contribution in [0.25, 0.3) is 6.08 Å². The number of rotatable bonds is 10. The Labute approximate surface area is 247 Å². The number of allylic oxidation sites excluding steroid dienone is 1. The van der Waals surface area contributed by atoms with Crippen LogP contribution in [0.1, 0.15) is 64.9 Å². The highest BCUT2D eigenvalue weighted by molar-refractivity contribution is 7.85. The number of carbonyl (C=O) groups excluding carboxylic acids is 2. The van der Waals surface area contributed by atoms with Crippen LogP contribution in [0.15, 0.2) is 66.7 Å². The van der Waals surface area contributed by atoms with Gasteiger partial charge in [-0.15, -0.1) is 0 Å². The van der Waals surface area contributed by atoms with Crippen molar-refractivity contribution < 1.29 is 22.6 Å². The fourth-order valence-corrected chi connectivity index (χ4v) is 4.69. The molecule has 0 radical (unpaired) electrons. The van der Waals surface area contributed by atoms with Crippen molar-refractivity contribution in [2.24, 2.45) is 5.41 Å². The van der Waals surface area contributed by atoms with Crippen LogP contribution in [0.4, 0.5) is 5.69 Å². The first-order valence-corrected chi connectivity index (χ1v) is 15.3. The normalized spacial score (nSPS) is 12.8. The number of amides is 2. The number of hydrogen-bond donors (Lipinski definition) is 3. The summed E-state index contributed by atoms with van der Waals surface area (Å²) < 4.78 is 30.6. The first kappa shape index (κ1) is 32.1. The van der Waals surface area contributed by atoms with Crippen LogP contribution in [0.2, 0.25) is 5.02 Å². The molecule has 1 atom stereocenters. The van der Waals surface area contributed by atoms with Crippen LogP contribution in [0.5, 0.6) is 0 Å². The van der Waals surface area contributed by atoms with E-state index >= 15 is 0 Å². The topological polar surface area (TPSA) is 113 Å². The Morgan fingerprint density at radius 1 is 0.976 bits per heavy atom. The van der Waals surface area contributed by atoms with Crippen LogP contribution in [0, 0.1) is 19.3 Å². The van der Waals surface area contributed by atoms with Crippen LogP contribution < -0.4 is 10.6 Å². The monoisotopic (exact) mass is 596 g/mol. The number of halogens is 1. The summed E-state index contributed by atoms with van der Waals surface area (Å²) in [6.07, 6.45) is 4.57. The smallest absolute Gasteiger partial charge is 0.266 e. The molecule has 0 aliphatic heterocycles. The maximum absolute atomic E-state index is 13.7. The zero-order valence-corrected chi connectivity index (χ0v) is 25.6. The molecule has 7 nitrogen and oxygen atoms in total. The Kier molecular flexibility index (Phi) is 10.5. The summed E-state index contributed by atoms with van der Waals surface area (Å²) in [6.45, 7) is 10.1. The Hall–Kier alpha value is -3.46. The van der Waals surface area contributed by atoms with Crippen molar-refractivity contribution in [2.75, 3.05) is 17.6 Å². The molecule has 0 aromatic heterocycles. The fourth-order valence-electron chi connectivity index (χ4n) is 4.07. The van der Waals surface area contributed by atoms with Crippen molar-refractivity contribution in [3.8, 4) is 0 Å². The summed E-state index contributed by atoms with van der Waals surface area (Å²) in [6, 6.07) is 18.3. The highest BCUT2D eigenvalue weighted by atomic mass is 35.5. The lowest BCUT2D eigenvalue weighted by molar-refractivity contribution is -0.117. The molecule has 0 saturated carbocycles. The van der Waals surface area contributed by atoms with Gasteiger partial charge in [0.1, 0.15) is 0 Å². The van der Waals surface area contributed by atoms with Crippen molar-refractivity contribution in [2.45, 2.75) is 47.0 Å². The van der Waals surface area contributed by atoms with Gasteiger partial charge in [0.25, 0.3) is 16.0 Å². The molecule has 218 valence electrons. The molecule has 0 spiro atoms. The van der Waals surface area contributed by atoms with Crippen molar-refractivity contribution >= 4 is 45.3 Å². The van der Waals surface area contributed by atoms with Gasteiger partial charge in [0.15, 0.2) is 0 Å². The van der Waals surface area contributed by atoms with Gasteiger partial charge in [0, 0.05) is 12.1 Å². The van der Waals surface area contributed by atoms with E-state index in [1.54, 1.807) is 24.3 Å². The highest BCUT2D eigenvalue weighted by Crippen LogP contribution is 2.29. The van der Waals surface area contributed by atoms with E-state index in [1.807, 2.05) is 50.2 Å². The predicted molar refractivity (Wildman–Crippen MR) is 166 cm³/mol. The second kappa shape index (κ2) is 13.5. The molecule has 0 heterocycles. The maximum atomic E-state index is 13.7. The second-order valence-corrected chi connectivity index (χ2v) is 13.2. The molecule has 1 unspecified atom stereocenters. The summed E-state index contributed by atoms with van der Waals surface area (Å²) in [5.74, 6) is -1.77. The molecular weight excluding hydrogens is 560 g/mol. The zero-order chi connectivity index (χ0) is 30.4. The first-order chi connectivity index (χ1) is 19.1. The molecule has 0 aliphatic rings. The van der Waals surface area contributed by atoms with Gasteiger partial charge in [-0.05, 0) is 77.8 Å². The Balaban J connectivity index is 1.84. The predicted octanol–water partition coefficient (Wildman–Crippen LogP) is 6.60. The number of anilines is 1. The first-order valence-electron chi connectivity index (χ1n) is 13.3. The van der Waals surface area contributed by atoms with E-state index in [1.165, 1.54) is 0 Å². The molecule has 3 aromatic rings. The lowest BCUT2D eigenvalue weighted by atomic mass is 9.89. The minimum atomic E-state index is -4.16. The van der Waals surface area contributed by atoms with E-state index in [0.29, 0.717) is 22.7 Å².